The molecular formula is C11H21N9O3. The molecule has 0 aliphatic rings. The molecule has 1 atom stereocenters. The number of carbonyl (C=O) groups is 3. The van der Waals surface area contributed by atoms with Crippen LogP contribution in [0.1, 0.15) is 12.8 Å². The molecule has 0 heterocycles. The van der Waals surface area contributed by atoms with E-state index < -0.39 is 18.0 Å². The van der Waals surface area contributed by atoms with Crippen LogP contribution >= 0.6 is 0 Å². The van der Waals surface area contributed by atoms with Crippen molar-refractivity contribution in [1.29, 1.82) is 0 Å². The Bertz CT molecular complexity index is 499. The van der Waals surface area contributed by atoms with Gasteiger partial charge >= 0.3 is 6.03 Å². The summed E-state index contributed by atoms with van der Waals surface area (Å²) in [6.07, 6.45) is 0.744. The number of urea groups is 1. The summed E-state index contributed by atoms with van der Waals surface area (Å²) >= 11 is 0. The Morgan fingerprint density at radius 2 is 1.96 bits per heavy atom. The molecule has 23 heavy (non-hydrogen) atoms. The van der Waals surface area contributed by atoms with Crippen molar-refractivity contribution >= 4 is 23.8 Å². The number of hydrogen-bond acceptors (Lipinski definition) is 5. The maximum Gasteiger partial charge on any atom is 0.321 e. The van der Waals surface area contributed by atoms with Gasteiger partial charge in [-0.25, -0.2) is 4.79 Å². The first-order chi connectivity index (χ1) is 10.9. The first-order valence-corrected chi connectivity index (χ1v) is 6.75. The molecule has 0 unspecified atom stereocenters. The van der Waals surface area contributed by atoms with Gasteiger partial charge in [0.2, 0.25) is 11.8 Å². The molecule has 0 bridgehead atoms. The minimum atomic E-state index is -0.773. The molecule has 12 nitrogen and oxygen atoms in total. The van der Waals surface area contributed by atoms with Gasteiger partial charge in [0.25, 0.3) is 0 Å². The van der Waals surface area contributed by atoms with Crippen LogP contribution in [0.4, 0.5) is 4.79 Å². The maximum absolute atomic E-state index is 11.7. The third-order valence-electron chi connectivity index (χ3n) is 2.58. The molecule has 0 saturated carbocycles. The van der Waals surface area contributed by atoms with Crippen molar-refractivity contribution in [2.24, 2.45) is 15.8 Å². The average molecular weight is 327 g/mol. The number of nitrogens with two attached hydrogens (primary N) is 1. The number of azide groups is 1. The monoisotopic (exact) mass is 327 g/mol. The van der Waals surface area contributed by atoms with Crippen molar-refractivity contribution in [1.82, 2.24) is 21.3 Å². The van der Waals surface area contributed by atoms with Gasteiger partial charge in [0, 0.05) is 25.6 Å². The highest BCUT2D eigenvalue weighted by Crippen LogP contribution is 1.99. The molecule has 0 aromatic heterocycles. The summed E-state index contributed by atoms with van der Waals surface area (Å²) in [5.41, 5.74) is 13.6. The molecule has 0 spiro atoms. The quantitative estimate of drug-likeness (QED) is 0.0911. The predicted octanol–water partition coefficient (Wildman–Crippen LogP) is -1.45. The largest absolute Gasteiger partial charge is 0.370 e. The molecule has 0 aliphatic carbocycles. The third-order valence-corrected chi connectivity index (χ3v) is 2.58. The number of rotatable bonds is 8. The minimum absolute atomic E-state index is 0.0479. The Morgan fingerprint density at radius 3 is 2.52 bits per heavy atom. The summed E-state index contributed by atoms with van der Waals surface area (Å²) in [5.74, 6) is -0.978. The molecule has 6 N–H and O–H groups in total. The van der Waals surface area contributed by atoms with E-state index in [1.807, 2.05) is 0 Å². The van der Waals surface area contributed by atoms with Crippen LogP contribution in [0.2, 0.25) is 0 Å². The molecule has 0 radical (unpaired) electrons. The van der Waals surface area contributed by atoms with Crippen LogP contribution in [0.15, 0.2) is 10.1 Å². The highest BCUT2D eigenvalue weighted by molar-refractivity contribution is 5.95. The van der Waals surface area contributed by atoms with Gasteiger partial charge in [0.05, 0.1) is 0 Å². The summed E-state index contributed by atoms with van der Waals surface area (Å²) in [4.78, 5) is 40.5. The Labute approximate surface area is 132 Å². The number of carbonyl (C=O) groups excluding carboxylic acids is 3. The molecule has 0 saturated heterocycles. The molecule has 0 rings (SSSR count). The lowest BCUT2D eigenvalue weighted by Crippen LogP contribution is -2.46. The smallest absolute Gasteiger partial charge is 0.321 e. The number of likely N-dealkylation sites (N-methyl/N-ethyl adjacent to an activating group) is 1. The maximum atomic E-state index is 11.7. The van der Waals surface area contributed by atoms with Crippen molar-refractivity contribution in [3.8, 4) is 0 Å². The van der Waals surface area contributed by atoms with Gasteiger partial charge in [-0.1, -0.05) is 5.11 Å². The van der Waals surface area contributed by atoms with Crippen LogP contribution in [-0.4, -0.2) is 57.0 Å². The highest BCUT2D eigenvalue weighted by atomic mass is 16.2. The minimum Gasteiger partial charge on any atom is -0.370 e. The van der Waals surface area contributed by atoms with Crippen molar-refractivity contribution in [3.05, 3.63) is 10.4 Å². The summed E-state index contributed by atoms with van der Waals surface area (Å²) in [6, 6.07) is -1.26. The molecule has 0 aromatic carbocycles. The van der Waals surface area contributed by atoms with Crippen molar-refractivity contribution in [2.45, 2.75) is 18.9 Å². The van der Waals surface area contributed by atoms with Crippen LogP contribution in [-0.2, 0) is 9.59 Å². The molecule has 128 valence electrons. The lowest BCUT2D eigenvalue weighted by molar-refractivity contribution is -0.128. The van der Waals surface area contributed by atoms with Gasteiger partial charge in [-0.15, -0.1) is 0 Å². The summed E-state index contributed by atoms with van der Waals surface area (Å²) < 4.78 is 0. The van der Waals surface area contributed by atoms with Crippen LogP contribution < -0.4 is 27.0 Å². The standard InChI is InChI=1S/C11H21N9O3/c1-14-9(22)7(18-8(21)6-17-20-13)4-3-5-16-10(12)19-11(23)15-2/h7H,3-6H2,1-2H3,(H,14,22)(H,18,21)(H4,12,15,16,19,23)/t7-/m0/s1. The molecular weight excluding hydrogens is 306 g/mol. The Kier molecular flexibility index (Phi) is 10.1. The van der Waals surface area contributed by atoms with Crippen LogP contribution in [0.5, 0.6) is 0 Å². The predicted molar refractivity (Wildman–Crippen MR) is 83.3 cm³/mol. The lowest BCUT2D eigenvalue weighted by Gasteiger charge is -2.16. The molecule has 12 heteroatoms. The number of nitrogens with one attached hydrogen (secondary N) is 4. The van der Waals surface area contributed by atoms with Gasteiger partial charge in [-0.05, 0) is 18.4 Å². The van der Waals surface area contributed by atoms with E-state index in [9.17, 15) is 14.4 Å². The molecule has 0 aliphatic heterocycles. The number of hydrogen-bond donors (Lipinski definition) is 5. The summed E-state index contributed by atoms with van der Waals surface area (Å²) in [5, 5.41) is 12.6. The van der Waals surface area contributed by atoms with Crippen molar-refractivity contribution in [2.75, 3.05) is 27.2 Å². The van der Waals surface area contributed by atoms with E-state index in [1.54, 1.807) is 0 Å². The van der Waals surface area contributed by atoms with Crippen molar-refractivity contribution < 1.29 is 14.4 Å². The van der Waals surface area contributed by atoms with E-state index >= 15 is 0 Å². The number of guanidine groups is 1. The van der Waals surface area contributed by atoms with Crippen LogP contribution in [0.25, 0.3) is 10.4 Å². The Balaban J connectivity index is 4.37. The SMILES string of the molecule is CNC(=O)NC(N)=NCCC[C@H](NC(=O)CN=[N+]=[N-])C(=O)NC. The second kappa shape index (κ2) is 11.6. The van der Waals surface area contributed by atoms with E-state index in [4.69, 9.17) is 11.3 Å². The third kappa shape index (κ3) is 9.52. The fourth-order valence-electron chi connectivity index (χ4n) is 1.49. The summed E-state index contributed by atoms with van der Waals surface area (Å²) in [6.45, 7) is -0.124. The highest BCUT2D eigenvalue weighted by Gasteiger charge is 2.18. The zero-order valence-corrected chi connectivity index (χ0v) is 13.0. The fraction of sp³-hybridized carbons (Fsp3) is 0.636. The number of amides is 4. The van der Waals surface area contributed by atoms with E-state index in [1.165, 1.54) is 14.1 Å². The molecule has 0 aromatic rings. The Morgan fingerprint density at radius 1 is 1.26 bits per heavy atom. The lowest BCUT2D eigenvalue weighted by atomic mass is 10.1. The second-order valence-electron chi connectivity index (χ2n) is 4.24. The van der Waals surface area contributed by atoms with Gasteiger partial charge < -0.3 is 21.7 Å². The first-order valence-electron chi connectivity index (χ1n) is 6.75. The molecule has 0 fully saturated rings. The zero-order chi connectivity index (χ0) is 17.7. The zero-order valence-electron chi connectivity index (χ0n) is 13.0. The first kappa shape index (κ1) is 20.0. The van der Waals surface area contributed by atoms with Crippen LogP contribution in [0, 0.1) is 0 Å². The van der Waals surface area contributed by atoms with E-state index in [0.29, 0.717) is 12.8 Å². The fourth-order valence-corrected chi connectivity index (χ4v) is 1.49. The Hall–Kier alpha value is -3.01. The van der Waals surface area contributed by atoms with Crippen LogP contribution in [0.3, 0.4) is 0 Å². The van der Waals surface area contributed by atoms with Gasteiger partial charge in [-0.3, -0.25) is 19.9 Å². The van der Waals surface area contributed by atoms with Gasteiger partial charge in [0.15, 0.2) is 5.96 Å². The molecule has 4 amide bonds. The number of nitrogens with zero attached hydrogens (tertiary/aromatic N) is 4. The average Bonchev–Trinajstić information content (AvgIpc) is 2.54. The van der Waals surface area contributed by atoms with Gasteiger partial charge in [-0.2, -0.15) is 0 Å². The topological polar surface area (TPSA) is 186 Å². The van der Waals surface area contributed by atoms with E-state index in [2.05, 4.69) is 36.3 Å². The van der Waals surface area contributed by atoms with Crippen molar-refractivity contribution in [3.63, 3.8) is 0 Å². The summed E-state index contributed by atoms with van der Waals surface area (Å²) in [7, 11) is 2.88. The van der Waals surface area contributed by atoms with E-state index in [0.717, 1.165) is 0 Å². The normalized spacial score (nSPS) is 11.7. The second-order valence-corrected chi connectivity index (χ2v) is 4.24. The number of aliphatic imine (C=N–C) groups is 1. The van der Waals surface area contributed by atoms with E-state index in [-0.39, 0.29) is 25.0 Å². The van der Waals surface area contributed by atoms with Gasteiger partial charge in [0.1, 0.15) is 12.6 Å².